The largest absolute Gasteiger partial charge is 0.485 e. The second-order valence-corrected chi connectivity index (χ2v) is 5.02. The molecule has 1 N–H and O–H groups in total. The molecule has 0 aliphatic rings. The number of rotatable bonds is 6. The maximum absolute atomic E-state index is 5.78. The lowest BCUT2D eigenvalue weighted by atomic mass is 10.2. The number of nitrogens with one attached hydrogen (secondary N) is 1. The molecule has 0 amide bonds. The summed E-state index contributed by atoms with van der Waals surface area (Å²) in [6.45, 7) is 9.00. The van der Waals surface area contributed by atoms with E-state index in [9.17, 15) is 0 Å². The molecule has 0 saturated heterocycles. The minimum atomic E-state index is 0.328. The van der Waals surface area contributed by atoms with Crippen LogP contribution in [-0.2, 0) is 13.2 Å². The molecule has 0 aliphatic heterocycles. The third-order valence-electron chi connectivity index (χ3n) is 2.86. The Balaban J connectivity index is 2.08. The van der Waals surface area contributed by atoms with Gasteiger partial charge >= 0.3 is 0 Å². The molecule has 0 atom stereocenters. The van der Waals surface area contributed by atoms with Crippen LogP contribution in [0.1, 0.15) is 36.6 Å². The van der Waals surface area contributed by atoms with E-state index in [0.29, 0.717) is 24.9 Å². The molecule has 0 unspecified atom stereocenters. The van der Waals surface area contributed by atoms with Crippen molar-refractivity contribution in [3.8, 4) is 5.75 Å². The molecule has 0 bridgehead atoms. The molecule has 0 aliphatic carbocycles. The third kappa shape index (κ3) is 3.77. The fourth-order valence-electron chi connectivity index (χ4n) is 1.68. The van der Waals surface area contributed by atoms with Gasteiger partial charge in [-0.2, -0.15) is 0 Å². The number of aromatic nitrogens is 3. The summed E-state index contributed by atoms with van der Waals surface area (Å²) in [5, 5.41) is 10.9. The second-order valence-electron chi connectivity index (χ2n) is 5.02. The number of ether oxygens (including phenoxy) is 1. The Morgan fingerprint density at radius 1 is 1.20 bits per heavy atom. The summed E-state index contributed by atoms with van der Waals surface area (Å²) in [5.74, 6) is 0.756. The SMILES string of the molecule is Cc1ccc(OCc2nonc2C)c(CNC(C)C)n1. The summed E-state index contributed by atoms with van der Waals surface area (Å²) in [4.78, 5) is 4.52. The predicted molar refractivity (Wildman–Crippen MR) is 74.3 cm³/mol. The molecule has 2 aromatic rings. The van der Waals surface area contributed by atoms with Crippen molar-refractivity contribution in [1.82, 2.24) is 20.6 Å². The Labute approximate surface area is 118 Å². The molecule has 0 radical (unpaired) electrons. The van der Waals surface area contributed by atoms with Gasteiger partial charge < -0.3 is 10.1 Å². The van der Waals surface area contributed by atoms with Crippen molar-refractivity contribution in [3.05, 3.63) is 34.9 Å². The lowest BCUT2D eigenvalue weighted by Crippen LogP contribution is -2.23. The molecule has 20 heavy (non-hydrogen) atoms. The highest BCUT2D eigenvalue weighted by atomic mass is 16.6. The summed E-state index contributed by atoms with van der Waals surface area (Å²) in [7, 11) is 0. The molecule has 2 heterocycles. The lowest BCUT2D eigenvalue weighted by molar-refractivity contribution is 0.267. The van der Waals surface area contributed by atoms with Crippen LogP contribution >= 0.6 is 0 Å². The summed E-state index contributed by atoms with van der Waals surface area (Å²) < 4.78 is 10.4. The maximum Gasteiger partial charge on any atom is 0.145 e. The zero-order valence-corrected chi connectivity index (χ0v) is 12.3. The molecule has 0 fully saturated rings. The molecule has 0 spiro atoms. The van der Waals surface area contributed by atoms with Crippen molar-refractivity contribution in [2.24, 2.45) is 0 Å². The Bertz CT molecular complexity index is 566. The van der Waals surface area contributed by atoms with Crippen LogP contribution in [0.3, 0.4) is 0 Å². The zero-order valence-electron chi connectivity index (χ0n) is 12.3. The van der Waals surface area contributed by atoms with E-state index in [1.807, 2.05) is 26.0 Å². The monoisotopic (exact) mass is 276 g/mol. The fourth-order valence-corrected chi connectivity index (χ4v) is 1.68. The molecular formula is C14H20N4O2. The van der Waals surface area contributed by atoms with Gasteiger partial charge in [0, 0.05) is 18.3 Å². The van der Waals surface area contributed by atoms with Crippen LogP contribution in [0.5, 0.6) is 5.75 Å². The van der Waals surface area contributed by atoms with Gasteiger partial charge in [0.25, 0.3) is 0 Å². The first-order valence-electron chi connectivity index (χ1n) is 6.67. The van der Waals surface area contributed by atoms with Gasteiger partial charge in [0.05, 0.1) is 5.69 Å². The summed E-state index contributed by atoms with van der Waals surface area (Å²) >= 11 is 0. The van der Waals surface area contributed by atoms with Gasteiger partial charge in [-0.05, 0) is 26.0 Å². The molecule has 0 saturated carbocycles. The molecule has 108 valence electrons. The van der Waals surface area contributed by atoms with E-state index in [-0.39, 0.29) is 0 Å². The van der Waals surface area contributed by atoms with Crippen LogP contribution in [0.25, 0.3) is 0 Å². The standard InChI is InChI=1S/C14H20N4O2/c1-9(2)15-7-12-14(6-5-10(3)16-12)19-8-13-11(4)17-20-18-13/h5-6,9,15H,7-8H2,1-4H3. The number of aryl methyl sites for hydroxylation is 2. The molecule has 6 nitrogen and oxygen atoms in total. The summed E-state index contributed by atoms with van der Waals surface area (Å²) in [5.41, 5.74) is 3.31. The van der Waals surface area contributed by atoms with Gasteiger partial charge in [0.1, 0.15) is 23.7 Å². The van der Waals surface area contributed by atoms with Crippen molar-refractivity contribution in [2.75, 3.05) is 0 Å². The van der Waals surface area contributed by atoms with Crippen molar-refractivity contribution < 1.29 is 9.37 Å². The second kappa shape index (κ2) is 6.47. The molecule has 2 aromatic heterocycles. The van der Waals surface area contributed by atoms with Crippen LogP contribution in [0.4, 0.5) is 0 Å². The number of nitrogens with zero attached hydrogens (tertiary/aromatic N) is 3. The number of hydrogen-bond acceptors (Lipinski definition) is 6. The predicted octanol–water partition coefficient (Wildman–Crippen LogP) is 2.16. The van der Waals surface area contributed by atoms with E-state index in [2.05, 4.69) is 39.1 Å². The van der Waals surface area contributed by atoms with Gasteiger partial charge in [-0.1, -0.05) is 24.2 Å². The Morgan fingerprint density at radius 2 is 2.00 bits per heavy atom. The topological polar surface area (TPSA) is 73.1 Å². The van der Waals surface area contributed by atoms with Gasteiger partial charge in [0.2, 0.25) is 0 Å². The smallest absolute Gasteiger partial charge is 0.145 e. The van der Waals surface area contributed by atoms with Gasteiger partial charge in [0.15, 0.2) is 0 Å². The van der Waals surface area contributed by atoms with Gasteiger partial charge in [-0.3, -0.25) is 4.98 Å². The molecular weight excluding hydrogens is 256 g/mol. The first-order valence-corrected chi connectivity index (χ1v) is 6.67. The number of pyridine rings is 1. The Morgan fingerprint density at radius 3 is 2.65 bits per heavy atom. The van der Waals surface area contributed by atoms with E-state index >= 15 is 0 Å². The first-order chi connectivity index (χ1) is 9.56. The maximum atomic E-state index is 5.78. The van der Waals surface area contributed by atoms with Crippen LogP contribution in [0.2, 0.25) is 0 Å². The molecule has 0 aromatic carbocycles. The van der Waals surface area contributed by atoms with Crippen molar-refractivity contribution >= 4 is 0 Å². The zero-order chi connectivity index (χ0) is 14.5. The highest BCUT2D eigenvalue weighted by molar-refractivity contribution is 5.29. The summed E-state index contributed by atoms with van der Waals surface area (Å²) in [6.07, 6.45) is 0. The lowest BCUT2D eigenvalue weighted by Gasteiger charge is -2.13. The minimum Gasteiger partial charge on any atom is -0.485 e. The third-order valence-corrected chi connectivity index (χ3v) is 2.86. The van der Waals surface area contributed by atoms with Crippen LogP contribution < -0.4 is 10.1 Å². The molecule has 2 rings (SSSR count). The first kappa shape index (κ1) is 14.5. The van der Waals surface area contributed by atoms with E-state index in [1.54, 1.807) is 0 Å². The van der Waals surface area contributed by atoms with Crippen molar-refractivity contribution in [2.45, 2.75) is 46.9 Å². The van der Waals surface area contributed by atoms with Crippen LogP contribution in [-0.4, -0.2) is 21.3 Å². The van der Waals surface area contributed by atoms with E-state index in [4.69, 9.17) is 4.74 Å². The van der Waals surface area contributed by atoms with Crippen molar-refractivity contribution in [1.29, 1.82) is 0 Å². The average molecular weight is 276 g/mol. The Kier molecular flexibility index (Phi) is 4.68. The van der Waals surface area contributed by atoms with Crippen LogP contribution in [0, 0.1) is 13.8 Å². The summed E-state index contributed by atoms with van der Waals surface area (Å²) in [6, 6.07) is 4.26. The van der Waals surface area contributed by atoms with E-state index in [0.717, 1.165) is 22.8 Å². The fraction of sp³-hybridized carbons (Fsp3) is 0.500. The number of hydrogen-bond donors (Lipinski definition) is 1. The highest BCUT2D eigenvalue weighted by Crippen LogP contribution is 2.18. The van der Waals surface area contributed by atoms with Gasteiger partial charge in [-0.15, -0.1) is 0 Å². The van der Waals surface area contributed by atoms with E-state index in [1.165, 1.54) is 0 Å². The van der Waals surface area contributed by atoms with Gasteiger partial charge in [-0.25, -0.2) is 4.63 Å². The molecule has 6 heteroatoms. The quantitative estimate of drug-likeness (QED) is 0.871. The highest BCUT2D eigenvalue weighted by Gasteiger charge is 2.10. The van der Waals surface area contributed by atoms with Crippen molar-refractivity contribution in [3.63, 3.8) is 0 Å². The Hall–Kier alpha value is -1.95. The minimum absolute atomic E-state index is 0.328. The normalized spacial score (nSPS) is 11.1. The van der Waals surface area contributed by atoms with E-state index < -0.39 is 0 Å². The van der Waals surface area contributed by atoms with Crippen LogP contribution in [0.15, 0.2) is 16.8 Å². The average Bonchev–Trinajstić information content (AvgIpc) is 2.81.